The first kappa shape index (κ1) is 20.4. The van der Waals surface area contributed by atoms with Gasteiger partial charge in [0.15, 0.2) is 16.7 Å². The zero-order chi connectivity index (χ0) is 20.9. The molecule has 152 valence electrons. The van der Waals surface area contributed by atoms with Gasteiger partial charge in [-0.15, -0.1) is 0 Å². The summed E-state index contributed by atoms with van der Waals surface area (Å²) in [6, 6.07) is 19.1. The first-order valence-corrected chi connectivity index (χ1v) is 10.3. The Hall–Kier alpha value is -2.87. The number of hydrogen-bond donors (Lipinski definition) is 2. The van der Waals surface area contributed by atoms with E-state index in [2.05, 4.69) is 20.8 Å². The maximum absolute atomic E-state index is 6.21. The summed E-state index contributed by atoms with van der Waals surface area (Å²) in [4.78, 5) is 0. The molecule has 2 N–H and O–H groups in total. The van der Waals surface area contributed by atoms with Gasteiger partial charge in [-0.25, -0.2) is 0 Å². The van der Waals surface area contributed by atoms with E-state index >= 15 is 0 Å². The van der Waals surface area contributed by atoms with Crippen molar-refractivity contribution in [2.75, 3.05) is 10.6 Å². The molecule has 0 fully saturated rings. The van der Waals surface area contributed by atoms with Crippen LogP contribution in [0.25, 0.3) is 0 Å². The van der Waals surface area contributed by atoms with Gasteiger partial charge in [0.05, 0.1) is 13.1 Å². The summed E-state index contributed by atoms with van der Waals surface area (Å²) >= 11 is 17.6. The number of aromatic nitrogens is 4. The molecule has 6 nitrogen and oxygen atoms in total. The third kappa shape index (κ3) is 5.38. The van der Waals surface area contributed by atoms with E-state index in [4.69, 9.17) is 35.4 Å². The molecule has 2 aromatic carbocycles. The van der Waals surface area contributed by atoms with Gasteiger partial charge in [0, 0.05) is 34.6 Å². The third-order valence-corrected chi connectivity index (χ3v) is 5.10. The molecule has 0 radical (unpaired) electrons. The van der Waals surface area contributed by atoms with E-state index < -0.39 is 0 Å². The summed E-state index contributed by atoms with van der Waals surface area (Å²) in [5, 5.41) is 16.9. The minimum atomic E-state index is 0.408. The Morgan fingerprint density at radius 1 is 0.833 bits per heavy atom. The Morgan fingerprint density at radius 3 is 2.17 bits per heavy atom. The summed E-state index contributed by atoms with van der Waals surface area (Å²) in [6.07, 6.45) is 3.75. The first-order chi connectivity index (χ1) is 14.5. The van der Waals surface area contributed by atoms with Gasteiger partial charge < -0.3 is 10.6 Å². The molecule has 30 heavy (non-hydrogen) atoms. The van der Waals surface area contributed by atoms with Crippen LogP contribution in [0.5, 0.6) is 0 Å². The van der Waals surface area contributed by atoms with Crippen LogP contribution in [-0.2, 0) is 13.1 Å². The molecule has 0 bridgehead atoms. The molecule has 0 saturated heterocycles. The molecule has 0 aliphatic heterocycles. The maximum atomic E-state index is 6.21. The largest absolute Gasteiger partial charge is 0.316 e. The standard InChI is InChI=1S/C21H18Cl2N6S/c22-17-6-3-4-15(12-17)13-28-10-8-19(26-28)24-21(30)25-20-9-11-29(27-20)14-16-5-1-2-7-18(16)23/h1-12H,13-14H2,(H2,24,25,26,27,30). The van der Waals surface area contributed by atoms with Gasteiger partial charge in [0.1, 0.15) is 0 Å². The van der Waals surface area contributed by atoms with Crippen molar-refractivity contribution < 1.29 is 0 Å². The van der Waals surface area contributed by atoms with Gasteiger partial charge in [-0.1, -0.05) is 53.5 Å². The van der Waals surface area contributed by atoms with Crippen LogP contribution >= 0.6 is 35.4 Å². The molecule has 4 rings (SSSR count). The molecule has 0 unspecified atom stereocenters. The van der Waals surface area contributed by atoms with E-state index in [0.717, 1.165) is 11.1 Å². The fourth-order valence-electron chi connectivity index (χ4n) is 2.92. The summed E-state index contributed by atoms with van der Waals surface area (Å²) in [5.41, 5.74) is 2.07. The molecule has 0 aliphatic carbocycles. The fraction of sp³-hybridized carbons (Fsp3) is 0.0952. The van der Waals surface area contributed by atoms with Gasteiger partial charge in [-0.2, -0.15) is 10.2 Å². The summed E-state index contributed by atoms with van der Waals surface area (Å²) < 4.78 is 3.61. The number of halogens is 2. The maximum Gasteiger partial charge on any atom is 0.177 e. The monoisotopic (exact) mass is 456 g/mol. The SMILES string of the molecule is S=C(Nc1ccn(Cc2cccc(Cl)c2)n1)Nc1ccn(Cc2ccccc2Cl)n1. The molecular weight excluding hydrogens is 439 g/mol. The van der Waals surface area contributed by atoms with Crippen LogP contribution in [0.15, 0.2) is 73.1 Å². The molecule has 0 aliphatic rings. The average molecular weight is 457 g/mol. The van der Waals surface area contributed by atoms with Crippen molar-refractivity contribution in [1.82, 2.24) is 19.6 Å². The Kier molecular flexibility index (Phi) is 6.32. The number of benzene rings is 2. The highest BCUT2D eigenvalue weighted by Gasteiger charge is 2.07. The van der Waals surface area contributed by atoms with Crippen LogP contribution in [0.3, 0.4) is 0 Å². The van der Waals surface area contributed by atoms with Crippen LogP contribution in [0.1, 0.15) is 11.1 Å². The van der Waals surface area contributed by atoms with Crippen molar-refractivity contribution in [2.24, 2.45) is 0 Å². The quantitative estimate of drug-likeness (QED) is 0.385. The molecule has 4 aromatic rings. The number of hydrogen-bond acceptors (Lipinski definition) is 3. The van der Waals surface area contributed by atoms with E-state index in [9.17, 15) is 0 Å². The Labute approximate surface area is 189 Å². The third-order valence-electron chi connectivity index (χ3n) is 4.29. The smallest absolute Gasteiger partial charge is 0.177 e. The Morgan fingerprint density at radius 2 is 1.50 bits per heavy atom. The lowest BCUT2D eigenvalue weighted by Gasteiger charge is -2.07. The molecule has 0 spiro atoms. The first-order valence-electron chi connectivity index (χ1n) is 9.18. The second kappa shape index (κ2) is 9.30. The zero-order valence-electron chi connectivity index (χ0n) is 15.8. The van der Waals surface area contributed by atoms with Gasteiger partial charge in [-0.05, 0) is 41.5 Å². The van der Waals surface area contributed by atoms with Gasteiger partial charge in [-0.3, -0.25) is 9.36 Å². The molecule has 2 heterocycles. The summed E-state index contributed by atoms with van der Waals surface area (Å²) in [7, 11) is 0. The molecular formula is C21H18Cl2N6S. The summed E-state index contributed by atoms with van der Waals surface area (Å²) in [6.45, 7) is 1.20. The number of nitrogens with one attached hydrogen (secondary N) is 2. The van der Waals surface area contributed by atoms with Crippen molar-refractivity contribution in [3.8, 4) is 0 Å². The lowest BCUT2D eigenvalue weighted by atomic mass is 10.2. The second-order valence-electron chi connectivity index (χ2n) is 6.60. The van der Waals surface area contributed by atoms with E-state index in [-0.39, 0.29) is 0 Å². The van der Waals surface area contributed by atoms with E-state index in [1.807, 2.05) is 77.7 Å². The number of rotatable bonds is 6. The minimum Gasteiger partial charge on any atom is -0.316 e. The van der Waals surface area contributed by atoms with Gasteiger partial charge in [0.2, 0.25) is 0 Å². The molecule has 0 saturated carbocycles. The van der Waals surface area contributed by atoms with Crippen molar-refractivity contribution in [2.45, 2.75) is 13.1 Å². The highest BCUT2D eigenvalue weighted by Crippen LogP contribution is 2.17. The molecule has 2 aromatic heterocycles. The normalized spacial score (nSPS) is 10.7. The topological polar surface area (TPSA) is 59.7 Å². The van der Waals surface area contributed by atoms with E-state index in [1.54, 1.807) is 4.68 Å². The van der Waals surface area contributed by atoms with Crippen molar-refractivity contribution >= 4 is 52.2 Å². The number of nitrogens with zero attached hydrogens (tertiary/aromatic N) is 4. The Bertz CT molecular complexity index is 1170. The van der Waals surface area contributed by atoms with Gasteiger partial charge >= 0.3 is 0 Å². The summed E-state index contributed by atoms with van der Waals surface area (Å²) in [5.74, 6) is 1.28. The van der Waals surface area contributed by atoms with Crippen molar-refractivity contribution in [3.63, 3.8) is 0 Å². The average Bonchev–Trinajstić information content (AvgIpc) is 3.33. The molecule has 9 heteroatoms. The van der Waals surface area contributed by atoms with Crippen LogP contribution < -0.4 is 10.6 Å². The second-order valence-corrected chi connectivity index (χ2v) is 7.85. The predicted molar refractivity (Wildman–Crippen MR) is 125 cm³/mol. The molecule has 0 amide bonds. The van der Waals surface area contributed by atoms with E-state index in [1.165, 1.54) is 0 Å². The van der Waals surface area contributed by atoms with E-state index in [0.29, 0.717) is 39.9 Å². The lowest BCUT2D eigenvalue weighted by molar-refractivity contribution is 0.689. The Balaban J connectivity index is 1.32. The highest BCUT2D eigenvalue weighted by atomic mass is 35.5. The van der Waals surface area contributed by atoms with Crippen LogP contribution in [-0.4, -0.2) is 24.7 Å². The predicted octanol–water partition coefficient (Wildman–Crippen LogP) is 5.29. The minimum absolute atomic E-state index is 0.408. The van der Waals surface area contributed by atoms with Crippen LogP contribution in [0, 0.1) is 0 Å². The number of thiocarbonyl (C=S) groups is 1. The van der Waals surface area contributed by atoms with Gasteiger partial charge in [0.25, 0.3) is 0 Å². The van der Waals surface area contributed by atoms with Crippen molar-refractivity contribution in [3.05, 3.63) is 94.2 Å². The lowest BCUT2D eigenvalue weighted by Crippen LogP contribution is -2.20. The van der Waals surface area contributed by atoms with Crippen LogP contribution in [0.4, 0.5) is 11.6 Å². The van der Waals surface area contributed by atoms with Crippen molar-refractivity contribution in [1.29, 1.82) is 0 Å². The molecule has 0 atom stereocenters. The zero-order valence-corrected chi connectivity index (χ0v) is 18.1. The van der Waals surface area contributed by atoms with Crippen LogP contribution in [0.2, 0.25) is 10.0 Å². The number of anilines is 2. The highest BCUT2D eigenvalue weighted by molar-refractivity contribution is 7.80. The fourth-order valence-corrected chi connectivity index (χ4v) is 3.54.